The first-order valence-electron chi connectivity index (χ1n) is 13.4. The lowest BCUT2D eigenvalue weighted by Gasteiger charge is -2.33. The topological polar surface area (TPSA) is 68.5 Å². The number of benzene rings is 1. The first-order valence-corrected chi connectivity index (χ1v) is 13.4. The van der Waals surface area contributed by atoms with Crippen molar-refractivity contribution in [1.29, 1.82) is 5.26 Å². The maximum Gasteiger partial charge on any atom is 0.318 e. The van der Waals surface area contributed by atoms with Gasteiger partial charge >= 0.3 is 6.01 Å². The predicted octanol–water partition coefficient (Wildman–Crippen LogP) is 4.09. The van der Waals surface area contributed by atoms with Crippen LogP contribution in [0.4, 0.5) is 11.5 Å². The Bertz CT molecular complexity index is 1130. The van der Waals surface area contributed by atoms with Crippen LogP contribution in [-0.4, -0.2) is 54.2 Å². The van der Waals surface area contributed by atoms with Crippen LogP contribution in [0, 0.1) is 17.2 Å². The Morgan fingerprint density at radius 2 is 1.94 bits per heavy atom. The number of nitrogens with zero attached hydrogens (tertiary/aromatic N) is 6. The molecule has 0 bridgehead atoms. The molecule has 3 aliphatic heterocycles. The Hall–Kier alpha value is -2.85. The van der Waals surface area contributed by atoms with Crippen molar-refractivity contribution in [1.82, 2.24) is 14.9 Å². The van der Waals surface area contributed by atoms with Crippen LogP contribution >= 0.6 is 0 Å². The largest absolute Gasteiger partial charge is 0.462 e. The van der Waals surface area contributed by atoms with Crippen LogP contribution in [0.1, 0.15) is 60.9 Å². The summed E-state index contributed by atoms with van der Waals surface area (Å²) in [5.74, 6) is 1.44. The molecule has 2 atom stereocenters. The molecular formula is C28H36N6O. The normalized spacial score (nSPS) is 23.9. The maximum atomic E-state index is 9.28. The molecule has 2 fully saturated rings. The highest BCUT2D eigenvalue weighted by Crippen LogP contribution is 2.39. The van der Waals surface area contributed by atoms with E-state index in [-0.39, 0.29) is 0 Å². The Labute approximate surface area is 208 Å². The van der Waals surface area contributed by atoms with Gasteiger partial charge in [-0.3, -0.25) is 0 Å². The van der Waals surface area contributed by atoms with Crippen molar-refractivity contribution in [2.45, 2.75) is 70.5 Å². The molecule has 184 valence electrons. The number of fused-ring (bicyclic) bond motifs is 2. The zero-order valence-corrected chi connectivity index (χ0v) is 20.9. The number of aromatic nitrogens is 2. The molecule has 35 heavy (non-hydrogen) atoms. The number of hydrogen-bond acceptors (Lipinski definition) is 7. The second-order valence-electron chi connectivity index (χ2n) is 10.8. The summed E-state index contributed by atoms with van der Waals surface area (Å²) in [6.07, 6.45) is 8.84. The van der Waals surface area contributed by atoms with Crippen LogP contribution < -0.4 is 14.5 Å². The average Bonchev–Trinajstić information content (AvgIpc) is 3.62. The third-order valence-electron chi connectivity index (χ3n) is 8.48. The molecule has 1 aromatic heterocycles. The molecule has 7 nitrogen and oxygen atoms in total. The van der Waals surface area contributed by atoms with E-state index in [0.29, 0.717) is 31.0 Å². The van der Waals surface area contributed by atoms with Gasteiger partial charge in [0.25, 0.3) is 0 Å². The number of likely N-dealkylation sites (N-methyl/N-ethyl adjacent to an activating group) is 1. The molecule has 4 aliphatic rings. The summed E-state index contributed by atoms with van der Waals surface area (Å²) in [5.41, 5.74) is 6.72. The Morgan fingerprint density at radius 1 is 1.03 bits per heavy atom. The van der Waals surface area contributed by atoms with Gasteiger partial charge in [-0.15, -0.1) is 0 Å². The lowest BCUT2D eigenvalue weighted by Crippen LogP contribution is -2.37. The lowest BCUT2D eigenvalue weighted by atomic mass is 9.95. The van der Waals surface area contributed by atoms with E-state index in [1.165, 1.54) is 54.5 Å². The van der Waals surface area contributed by atoms with Crippen LogP contribution in [0.2, 0.25) is 0 Å². The van der Waals surface area contributed by atoms with Gasteiger partial charge in [-0.2, -0.15) is 15.2 Å². The smallest absolute Gasteiger partial charge is 0.318 e. The van der Waals surface area contributed by atoms with Crippen LogP contribution in [0.5, 0.6) is 6.01 Å². The van der Waals surface area contributed by atoms with Crippen molar-refractivity contribution in [2.24, 2.45) is 5.92 Å². The Kier molecular flexibility index (Phi) is 6.24. The van der Waals surface area contributed by atoms with Gasteiger partial charge in [-0.1, -0.05) is 12.1 Å². The maximum absolute atomic E-state index is 9.28. The molecule has 2 saturated heterocycles. The molecule has 1 aromatic carbocycles. The molecule has 0 spiro atoms. The monoisotopic (exact) mass is 472 g/mol. The van der Waals surface area contributed by atoms with E-state index in [1.54, 1.807) is 0 Å². The summed E-state index contributed by atoms with van der Waals surface area (Å²) in [4.78, 5) is 17.2. The zero-order chi connectivity index (χ0) is 23.8. The molecule has 0 unspecified atom stereocenters. The molecule has 6 rings (SSSR count). The van der Waals surface area contributed by atoms with Gasteiger partial charge in [0.1, 0.15) is 12.4 Å². The van der Waals surface area contributed by atoms with Gasteiger partial charge in [0.15, 0.2) is 0 Å². The fourth-order valence-electron chi connectivity index (χ4n) is 6.52. The van der Waals surface area contributed by atoms with E-state index < -0.39 is 0 Å². The van der Waals surface area contributed by atoms with E-state index >= 15 is 0 Å². The van der Waals surface area contributed by atoms with Crippen molar-refractivity contribution in [3.05, 3.63) is 40.6 Å². The second-order valence-corrected chi connectivity index (χ2v) is 10.8. The lowest BCUT2D eigenvalue weighted by molar-refractivity contribution is 0.187. The van der Waals surface area contributed by atoms with Gasteiger partial charge < -0.3 is 19.4 Å². The molecule has 1 aliphatic carbocycles. The van der Waals surface area contributed by atoms with E-state index in [0.717, 1.165) is 57.1 Å². The first kappa shape index (κ1) is 22.6. The number of rotatable bonds is 6. The van der Waals surface area contributed by atoms with Crippen molar-refractivity contribution in [2.75, 3.05) is 43.1 Å². The third kappa shape index (κ3) is 4.45. The summed E-state index contributed by atoms with van der Waals surface area (Å²) in [6, 6.07) is 10.1. The van der Waals surface area contributed by atoms with Crippen LogP contribution in [0.25, 0.3) is 0 Å². The SMILES string of the molecule is CN1CCC[C@H]1COc1nc2c(c(N3CCC[C@@H](CC#N)C3)n1)CN(c1cccc3c1CCC3)C2. The van der Waals surface area contributed by atoms with E-state index in [1.807, 2.05) is 0 Å². The molecular weight excluding hydrogens is 436 g/mol. The van der Waals surface area contributed by atoms with Gasteiger partial charge in [0.2, 0.25) is 0 Å². The molecule has 0 saturated carbocycles. The number of likely N-dealkylation sites (tertiary alicyclic amines) is 1. The van der Waals surface area contributed by atoms with Gasteiger partial charge in [-0.25, -0.2) is 0 Å². The van der Waals surface area contributed by atoms with E-state index in [2.05, 4.69) is 46.0 Å². The Balaban J connectivity index is 1.30. The van der Waals surface area contributed by atoms with Crippen LogP contribution in [0.3, 0.4) is 0 Å². The Morgan fingerprint density at radius 3 is 2.80 bits per heavy atom. The summed E-state index contributed by atoms with van der Waals surface area (Å²) in [5, 5.41) is 9.28. The minimum absolute atomic E-state index is 0.408. The van der Waals surface area contributed by atoms with E-state index in [9.17, 15) is 5.26 Å². The standard InChI is InChI=1S/C28H36N6O/c1-32-14-5-9-22(32)19-35-28-30-25-18-34(26-11-3-8-21-7-2-10-23(21)26)17-24(25)27(31-28)33-15-4-6-20(16-33)12-13-29/h3,8,11,20,22H,2,4-7,9-10,12,14-19H2,1H3/t20-,22-/m0/s1. The highest BCUT2D eigenvalue weighted by Gasteiger charge is 2.32. The highest BCUT2D eigenvalue weighted by molar-refractivity contribution is 5.63. The van der Waals surface area contributed by atoms with Crippen LogP contribution in [0.15, 0.2) is 18.2 Å². The van der Waals surface area contributed by atoms with Crippen molar-refractivity contribution in [3.63, 3.8) is 0 Å². The van der Waals surface area contributed by atoms with E-state index in [4.69, 9.17) is 14.7 Å². The summed E-state index contributed by atoms with van der Waals surface area (Å²) < 4.78 is 6.24. The second kappa shape index (κ2) is 9.66. The number of nitriles is 1. The minimum Gasteiger partial charge on any atom is -0.462 e. The first-order chi connectivity index (χ1) is 17.2. The van der Waals surface area contributed by atoms with Gasteiger partial charge in [-0.05, 0) is 81.6 Å². The number of piperidine rings is 1. The van der Waals surface area contributed by atoms with Crippen molar-refractivity contribution in [3.8, 4) is 12.1 Å². The minimum atomic E-state index is 0.408. The van der Waals surface area contributed by atoms with Gasteiger partial charge in [0, 0.05) is 43.3 Å². The number of hydrogen-bond donors (Lipinski definition) is 0. The molecule has 0 radical (unpaired) electrons. The fraction of sp³-hybridized carbons (Fsp3) is 0.607. The summed E-state index contributed by atoms with van der Waals surface area (Å²) in [6.45, 7) is 5.29. The zero-order valence-electron chi connectivity index (χ0n) is 20.9. The average molecular weight is 473 g/mol. The molecule has 4 heterocycles. The fourth-order valence-corrected chi connectivity index (χ4v) is 6.52. The third-order valence-corrected chi connectivity index (χ3v) is 8.48. The van der Waals surface area contributed by atoms with Crippen LogP contribution in [-0.2, 0) is 25.9 Å². The molecule has 2 aromatic rings. The highest BCUT2D eigenvalue weighted by atomic mass is 16.5. The van der Waals surface area contributed by atoms with Gasteiger partial charge in [0.05, 0.1) is 18.3 Å². The summed E-state index contributed by atoms with van der Waals surface area (Å²) in [7, 11) is 2.18. The van der Waals surface area contributed by atoms with Crippen molar-refractivity contribution < 1.29 is 4.74 Å². The number of aryl methyl sites for hydroxylation is 1. The molecule has 7 heteroatoms. The predicted molar refractivity (Wildman–Crippen MR) is 137 cm³/mol. The quantitative estimate of drug-likeness (QED) is 0.627. The molecule has 0 amide bonds. The van der Waals surface area contributed by atoms with Crippen molar-refractivity contribution >= 4 is 11.5 Å². The number of anilines is 2. The number of ether oxygens (including phenoxy) is 1. The summed E-state index contributed by atoms with van der Waals surface area (Å²) >= 11 is 0. The molecule has 0 N–H and O–H groups in total.